The first kappa shape index (κ1) is 21.2. The van der Waals surface area contributed by atoms with Gasteiger partial charge < -0.3 is 25.2 Å². The van der Waals surface area contributed by atoms with Crippen molar-refractivity contribution < 1.29 is 19.2 Å². The van der Waals surface area contributed by atoms with E-state index in [-0.39, 0.29) is 35.9 Å². The average molecular weight is 380 g/mol. The van der Waals surface area contributed by atoms with Crippen LogP contribution < -0.4 is 10.6 Å². The Balaban J connectivity index is 1.87. The van der Waals surface area contributed by atoms with Gasteiger partial charge in [0.15, 0.2) is 0 Å². The second kappa shape index (κ2) is 9.19. The van der Waals surface area contributed by atoms with Gasteiger partial charge in [0.2, 0.25) is 11.8 Å². The van der Waals surface area contributed by atoms with Crippen LogP contribution in [0.5, 0.6) is 0 Å². The SMILES string of the molecule is CC(C)(C)[C@@H](CN1CCCCC1=O)NC(=O)NCC(=O)N1CCC[C@H]1C=O. The maximum Gasteiger partial charge on any atom is 0.315 e. The number of aldehydes is 1. The quantitative estimate of drug-likeness (QED) is 0.669. The molecule has 2 heterocycles. The topological polar surface area (TPSA) is 98.8 Å². The van der Waals surface area contributed by atoms with Crippen LogP contribution in [0, 0.1) is 5.41 Å². The predicted octanol–water partition coefficient (Wildman–Crippen LogP) is 0.903. The van der Waals surface area contributed by atoms with Gasteiger partial charge in [-0.05, 0) is 31.1 Å². The zero-order valence-corrected chi connectivity index (χ0v) is 16.6. The summed E-state index contributed by atoms with van der Waals surface area (Å²) in [4.78, 5) is 51.0. The number of hydrogen-bond acceptors (Lipinski definition) is 4. The maximum atomic E-state index is 12.3. The van der Waals surface area contributed by atoms with Gasteiger partial charge in [0.05, 0.1) is 18.6 Å². The molecule has 0 aliphatic carbocycles. The molecular formula is C19H32N4O4. The van der Waals surface area contributed by atoms with Crippen molar-refractivity contribution in [3.8, 4) is 0 Å². The van der Waals surface area contributed by atoms with E-state index in [1.807, 2.05) is 25.7 Å². The van der Waals surface area contributed by atoms with Gasteiger partial charge >= 0.3 is 6.03 Å². The lowest BCUT2D eigenvalue weighted by Gasteiger charge is -2.37. The summed E-state index contributed by atoms with van der Waals surface area (Å²) >= 11 is 0. The van der Waals surface area contributed by atoms with Gasteiger partial charge in [-0.3, -0.25) is 9.59 Å². The van der Waals surface area contributed by atoms with Crippen molar-refractivity contribution in [2.24, 2.45) is 5.41 Å². The summed E-state index contributed by atoms with van der Waals surface area (Å²) in [5.41, 5.74) is -0.239. The minimum Gasteiger partial charge on any atom is -0.341 e. The van der Waals surface area contributed by atoms with Crippen LogP contribution in [0.3, 0.4) is 0 Å². The minimum absolute atomic E-state index is 0.127. The van der Waals surface area contributed by atoms with Gasteiger partial charge in [-0.15, -0.1) is 0 Å². The molecule has 2 aliphatic rings. The highest BCUT2D eigenvalue weighted by atomic mass is 16.2. The summed E-state index contributed by atoms with van der Waals surface area (Å²) in [5, 5.41) is 5.51. The van der Waals surface area contributed by atoms with Crippen LogP contribution in [0.2, 0.25) is 0 Å². The molecule has 2 rings (SSSR count). The third-order valence-electron chi connectivity index (χ3n) is 5.35. The number of amides is 4. The molecule has 0 saturated carbocycles. The molecule has 27 heavy (non-hydrogen) atoms. The van der Waals surface area contributed by atoms with Crippen LogP contribution in [0.25, 0.3) is 0 Å². The Morgan fingerprint density at radius 3 is 2.59 bits per heavy atom. The smallest absolute Gasteiger partial charge is 0.315 e. The van der Waals surface area contributed by atoms with Crippen LogP contribution >= 0.6 is 0 Å². The highest BCUT2D eigenvalue weighted by Gasteiger charge is 2.32. The average Bonchev–Trinajstić information content (AvgIpc) is 3.09. The van der Waals surface area contributed by atoms with Crippen LogP contribution in [0.4, 0.5) is 4.79 Å². The third-order valence-corrected chi connectivity index (χ3v) is 5.35. The number of carbonyl (C=O) groups is 4. The van der Waals surface area contributed by atoms with Gasteiger partial charge in [0, 0.05) is 26.1 Å². The van der Waals surface area contributed by atoms with Gasteiger partial charge in [-0.25, -0.2) is 4.79 Å². The molecule has 2 aliphatic heterocycles. The van der Waals surface area contributed by atoms with E-state index in [1.165, 1.54) is 4.90 Å². The van der Waals surface area contributed by atoms with E-state index in [0.717, 1.165) is 32.1 Å². The Morgan fingerprint density at radius 1 is 1.22 bits per heavy atom. The molecule has 0 spiro atoms. The maximum absolute atomic E-state index is 12.3. The number of nitrogens with zero attached hydrogens (tertiary/aromatic N) is 2. The van der Waals surface area contributed by atoms with E-state index >= 15 is 0 Å². The van der Waals surface area contributed by atoms with Gasteiger partial charge in [0.1, 0.15) is 6.29 Å². The van der Waals surface area contributed by atoms with Crippen molar-refractivity contribution in [1.82, 2.24) is 20.4 Å². The van der Waals surface area contributed by atoms with Crippen LogP contribution in [0.15, 0.2) is 0 Å². The molecule has 8 heteroatoms. The predicted molar refractivity (Wildman–Crippen MR) is 101 cm³/mol. The normalized spacial score (nSPS) is 21.7. The summed E-state index contributed by atoms with van der Waals surface area (Å²) in [6, 6.07) is -1.05. The van der Waals surface area contributed by atoms with Gasteiger partial charge in [-0.1, -0.05) is 20.8 Å². The van der Waals surface area contributed by atoms with Crippen LogP contribution in [-0.2, 0) is 14.4 Å². The first-order chi connectivity index (χ1) is 12.7. The van der Waals surface area contributed by atoms with E-state index in [2.05, 4.69) is 10.6 Å². The number of carbonyl (C=O) groups excluding carboxylic acids is 4. The highest BCUT2D eigenvalue weighted by molar-refractivity contribution is 5.86. The lowest BCUT2D eigenvalue weighted by Crippen LogP contribution is -2.55. The highest BCUT2D eigenvalue weighted by Crippen LogP contribution is 2.22. The standard InChI is InChI=1S/C19H32N4O4/c1-19(2,3)15(12-22-9-5-4-8-16(22)25)21-18(27)20-11-17(26)23-10-6-7-14(23)13-24/h13-15H,4-12H2,1-3H3,(H2,20,21,27)/t14-,15+/m0/s1. The monoisotopic (exact) mass is 380 g/mol. The van der Waals surface area contributed by atoms with E-state index in [9.17, 15) is 19.2 Å². The molecule has 0 aromatic rings. The minimum atomic E-state index is -0.436. The fourth-order valence-corrected chi connectivity index (χ4v) is 3.52. The molecule has 0 aromatic carbocycles. The third kappa shape index (κ3) is 5.94. The molecule has 0 unspecified atom stereocenters. The summed E-state index contributed by atoms with van der Waals surface area (Å²) < 4.78 is 0. The fourth-order valence-electron chi connectivity index (χ4n) is 3.52. The lowest BCUT2D eigenvalue weighted by molar-refractivity contribution is -0.134. The summed E-state index contributed by atoms with van der Waals surface area (Å²) in [6.45, 7) is 7.62. The first-order valence-electron chi connectivity index (χ1n) is 9.79. The molecule has 152 valence electrons. The molecule has 2 atom stereocenters. The van der Waals surface area contributed by atoms with Crippen molar-refractivity contribution in [2.45, 2.75) is 65.0 Å². The van der Waals surface area contributed by atoms with Crippen molar-refractivity contribution >= 4 is 24.1 Å². The molecule has 2 N–H and O–H groups in total. The molecule has 0 bridgehead atoms. The first-order valence-corrected chi connectivity index (χ1v) is 9.79. The molecule has 4 amide bonds. The molecule has 8 nitrogen and oxygen atoms in total. The summed E-state index contributed by atoms with van der Waals surface area (Å²) in [5.74, 6) is -0.125. The molecule has 0 aromatic heterocycles. The van der Waals surface area contributed by atoms with Gasteiger partial charge in [0.25, 0.3) is 0 Å². The van der Waals surface area contributed by atoms with E-state index in [4.69, 9.17) is 0 Å². The number of likely N-dealkylation sites (tertiary alicyclic amines) is 2. The molecular weight excluding hydrogens is 348 g/mol. The lowest BCUT2D eigenvalue weighted by atomic mass is 9.86. The van der Waals surface area contributed by atoms with Crippen molar-refractivity contribution in [2.75, 3.05) is 26.2 Å². The second-order valence-electron chi connectivity index (χ2n) is 8.48. The number of piperidine rings is 1. The zero-order valence-electron chi connectivity index (χ0n) is 16.6. The van der Waals surface area contributed by atoms with E-state index in [0.29, 0.717) is 25.9 Å². The van der Waals surface area contributed by atoms with Crippen molar-refractivity contribution in [3.63, 3.8) is 0 Å². The number of nitrogens with one attached hydrogen (secondary N) is 2. The number of urea groups is 1. The second-order valence-corrected chi connectivity index (χ2v) is 8.48. The fraction of sp³-hybridized carbons (Fsp3) is 0.789. The Labute approximate surface area is 161 Å². The Kier molecular flexibility index (Phi) is 7.21. The zero-order chi connectivity index (χ0) is 20.0. The van der Waals surface area contributed by atoms with E-state index < -0.39 is 6.03 Å². The number of rotatable bonds is 6. The number of hydrogen-bond donors (Lipinski definition) is 2. The van der Waals surface area contributed by atoms with Crippen molar-refractivity contribution in [1.29, 1.82) is 0 Å². The molecule has 2 saturated heterocycles. The van der Waals surface area contributed by atoms with Gasteiger partial charge in [-0.2, -0.15) is 0 Å². The Hall–Kier alpha value is -2.12. The Morgan fingerprint density at radius 2 is 1.96 bits per heavy atom. The van der Waals surface area contributed by atoms with Crippen LogP contribution in [-0.4, -0.2) is 72.2 Å². The molecule has 2 fully saturated rings. The van der Waals surface area contributed by atoms with Crippen molar-refractivity contribution in [3.05, 3.63) is 0 Å². The summed E-state index contributed by atoms with van der Waals surface area (Å²) in [6.07, 6.45) is 4.73. The van der Waals surface area contributed by atoms with Crippen LogP contribution in [0.1, 0.15) is 52.9 Å². The molecule has 0 radical (unpaired) electrons. The summed E-state index contributed by atoms with van der Waals surface area (Å²) in [7, 11) is 0. The largest absolute Gasteiger partial charge is 0.341 e. The Bertz CT molecular complexity index is 573. The van der Waals surface area contributed by atoms with E-state index in [1.54, 1.807) is 0 Å².